The number of benzene rings is 1. The van der Waals surface area contributed by atoms with Crippen LogP contribution in [0, 0.1) is 11.7 Å². The summed E-state index contributed by atoms with van der Waals surface area (Å²) in [7, 11) is 1.49. The van der Waals surface area contributed by atoms with Crippen molar-refractivity contribution in [1.82, 2.24) is 0 Å². The van der Waals surface area contributed by atoms with E-state index < -0.39 is 11.9 Å². The molecule has 3 nitrogen and oxygen atoms in total. The summed E-state index contributed by atoms with van der Waals surface area (Å²) in [5.74, 6) is -0.000313. The van der Waals surface area contributed by atoms with Crippen molar-refractivity contribution >= 4 is 0 Å². The van der Waals surface area contributed by atoms with Crippen LogP contribution in [0.2, 0.25) is 0 Å². The molecule has 3 atom stereocenters. The summed E-state index contributed by atoms with van der Waals surface area (Å²) in [5, 5.41) is 10.3. The zero-order valence-electron chi connectivity index (χ0n) is 10.7. The maximum atomic E-state index is 13.9. The molecule has 1 aromatic carbocycles. The van der Waals surface area contributed by atoms with Crippen molar-refractivity contribution in [3.05, 3.63) is 29.6 Å². The third-order valence-corrected chi connectivity index (χ3v) is 3.59. The third kappa shape index (κ3) is 2.49. The van der Waals surface area contributed by atoms with Gasteiger partial charge in [-0.05, 0) is 25.0 Å². The van der Waals surface area contributed by atoms with Crippen LogP contribution in [0.1, 0.15) is 31.4 Å². The van der Waals surface area contributed by atoms with Crippen LogP contribution < -0.4 is 4.74 Å². The van der Waals surface area contributed by atoms with E-state index in [-0.39, 0.29) is 12.0 Å². The molecule has 18 heavy (non-hydrogen) atoms. The number of hydrogen-bond donors (Lipinski definition) is 1. The summed E-state index contributed by atoms with van der Waals surface area (Å²) in [6.07, 6.45) is 0.801. The zero-order chi connectivity index (χ0) is 13.1. The third-order valence-electron chi connectivity index (χ3n) is 3.59. The van der Waals surface area contributed by atoms with Gasteiger partial charge in [0.25, 0.3) is 0 Å². The quantitative estimate of drug-likeness (QED) is 0.897. The van der Waals surface area contributed by atoms with Gasteiger partial charge in [0.2, 0.25) is 0 Å². The lowest BCUT2D eigenvalue weighted by atomic mass is 9.89. The van der Waals surface area contributed by atoms with Crippen molar-refractivity contribution in [3.8, 4) is 5.75 Å². The first-order chi connectivity index (χ1) is 8.67. The normalized spacial score (nSPS) is 25.1. The van der Waals surface area contributed by atoms with Gasteiger partial charge in [0, 0.05) is 24.2 Å². The molecule has 0 radical (unpaired) electrons. The molecule has 1 aliphatic rings. The molecule has 4 heteroatoms. The fourth-order valence-corrected chi connectivity index (χ4v) is 2.55. The molecule has 0 bridgehead atoms. The molecule has 100 valence electrons. The average Bonchev–Trinajstić information content (AvgIpc) is 2.86. The molecule has 0 amide bonds. The maximum Gasteiger partial charge on any atom is 0.132 e. The Morgan fingerprint density at radius 2 is 2.33 bits per heavy atom. The summed E-state index contributed by atoms with van der Waals surface area (Å²) in [6, 6.07) is 4.55. The Bertz CT molecular complexity index is 408. The van der Waals surface area contributed by atoms with Crippen LogP contribution >= 0.6 is 0 Å². The van der Waals surface area contributed by atoms with Crippen LogP contribution in [0.15, 0.2) is 18.2 Å². The largest absolute Gasteiger partial charge is 0.497 e. The SMILES string of the molecule is CCC1OCCC1C(O)c1ccc(OC)cc1F. The summed E-state index contributed by atoms with van der Waals surface area (Å²) in [4.78, 5) is 0. The van der Waals surface area contributed by atoms with Crippen LogP contribution in [-0.2, 0) is 4.74 Å². The first kappa shape index (κ1) is 13.3. The minimum atomic E-state index is -0.816. The summed E-state index contributed by atoms with van der Waals surface area (Å²) in [5.41, 5.74) is 0.324. The molecular weight excluding hydrogens is 235 g/mol. The van der Waals surface area contributed by atoms with Crippen molar-refractivity contribution in [1.29, 1.82) is 0 Å². The minimum Gasteiger partial charge on any atom is -0.497 e. The first-order valence-corrected chi connectivity index (χ1v) is 6.30. The average molecular weight is 254 g/mol. The van der Waals surface area contributed by atoms with Crippen LogP contribution in [0.4, 0.5) is 4.39 Å². The highest BCUT2D eigenvalue weighted by Crippen LogP contribution is 2.36. The number of ether oxygens (including phenoxy) is 2. The lowest BCUT2D eigenvalue weighted by molar-refractivity contribution is 0.0292. The highest BCUT2D eigenvalue weighted by atomic mass is 19.1. The molecule has 0 aromatic heterocycles. The predicted molar refractivity (Wildman–Crippen MR) is 66.0 cm³/mol. The molecule has 3 unspecified atom stereocenters. The van der Waals surface area contributed by atoms with Gasteiger partial charge in [0.1, 0.15) is 11.6 Å². The smallest absolute Gasteiger partial charge is 0.132 e. The van der Waals surface area contributed by atoms with Crippen LogP contribution in [0.3, 0.4) is 0 Å². The lowest BCUT2D eigenvalue weighted by Gasteiger charge is -2.23. The molecule has 1 fully saturated rings. The number of hydrogen-bond acceptors (Lipinski definition) is 3. The van der Waals surface area contributed by atoms with Crippen molar-refractivity contribution in [2.75, 3.05) is 13.7 Å². The molecule has 0 saturated carbocycles. The second kappa shape index (κ2) is 5.67. The Morgan fingerprint density at radius 3 is 2.94 bits per heavy atom. The van der Waals surface area contributed by atoms with Crippen molar-refractivity contribution in [2.24, 2.45) is 5.92 Å². The van der Waals surface area contributed by atoms with Gasteiger partial charge in [-0.15, -0.1) is 0 Å². The van der Waals surface area contributed by atoms with E-state index in [1.807, 2.05) is 6.92 Å². The van der Waals surface area contributed by atoms with Gasteiger partial charge < -0.3 is 14.6 Å². The zero-order valence-corrected chi connectivity index (χ0v) is 10.7. The van der Waals surface area contributed by atoms with E-state index in [2.05, 4.69) is 0 Å². The van der Waals surface area contributed by atoms with Gasteiger partial charge in [0.15, 0.2) is 0 Å². The van der Waals surface area contributed by atoms with E-state index in [4.69, 9.17) is 9.47 Å². The van der Waals surface area contributed by atoms with Crippen LogP contribution in [0.25, 0.3) is 0 Å². The van der Waals surface area contributed by atoms with E-state index in [1.54, 1.807) is 12.1 Å². The first-order valence-electron chi connectivity index (χ1n) is 6.30. The van der Waals surface area contributed by atoms with Crippen LogP contribution in [-0.4, -0.2) is 24.9 Å². The van der Waals surface area contributed by atoms with Crippen molar-refractivity contribution in [3.63, 3.8) is 0 Å². The Kier molecular flexibility index (Phi) is 4.19. The molecule has 1 aliphatic heterocycles. The topological polar surface area (TPSA) is 38.7 Å². The molecule has 1 N–H and O–H groups in total. The molecule has 1 heterocycles. The summed E-state index contributed by atoms with van der Waals surface area (Å²) >= 11 is 0. The van der Waals surface area contributed by atoms with E-state index in [0.717, 1.165) is 12.8 Å². The van der Waals surface area contributed by atoms with Gasteiger partial charge in [-0.2, -0.15) is 0 Å². The molecule has 2 rings (SSSR count). The Balaban J connectivity index is 2.20. The van der Waals surface area contributed by atoms with Gasteiger partial charge in [0.05, 0.1) is 19.3 Å². The summed E-state index contributed by atoms with van der Waals surface area (Å²) in [6.45, 7) is 2.65. The van der Waals surface area contributed by atoms with Gasteiger partial charge >= 0.3 is 0 Å². The van der Waals surface area contributed by atoms with Gasteiger partial charge in [-0.25, -0.2) is 4.39 Å². The van der Waals surface area contributed by atoms with E-state index >= 15 is 0 Å². The second-order valence-corrected chi connectivity index (χ2v) is 4.60. The van der Waals surface area contributed by atoms with E-state index in [1.165, 1.54) is 13.2 Å². The van der Waals surface area contributed by atoms with Crippen molar-refractivity contribution < 1.29 is 19.0 Å². The number of halogens is 1. The monoisotopic (exact) mass is 254 g/mol. The second-order valence-electron chi connectivity index (χ2n) is 4.60. The van der Waals surface area contributed by atoms with Gasteiger partial charge in [-0.1, -0.05) is 6.92 Å². The van der Waals surface area contributed by atoms with Gasteiger partial charge in [-0.3, -0.25) is 0 Å². The molecule has 0 spiro atoms. The lowest BCUT2D eigenvalue weighted by Crippen LogP contribution is -2.22. The Hall–Kier alpha value is -1.13. The Labute approximate surface area is 107 Å². The highest BCUT2D eigenvalue weighted by Gasteiger charge is 2.34. The molecular formula is C14H19FO3. The molecule has 1 aromatic rings. The molecule has 1 saturated heterocycles. The standard InChI is InChI=1S/C14H19FO3/c1-3-13-11(6-7-18-13)14(16)10-5-4-9(17-2)8-12(10)15/h4-5,8,11,13-14,16H,3,6-7H2,1-2H3. The predicted octanol–water partition coefficient (Wildman–Crippen LogP) is 2.68. The number of aliphatic hydroxyl groups excluding tert-OH is 1. The van der Waals surface area contributed by atoms with Crippen molar-refractivity contribution in [2.45, 2.75) is 32.0 Å². The number of aliphatic hydroxyl groups is 1. The number of methoxy groups -OCH3 is 1. The maximum absolute atomic E-state index is 13.9. The van der Waals surface area contributed by atoms with E-state index in [0.29, 0.717) is 17.9 Å². The highest BCUT2D eigenvalue weighted by molar-refractivity contribution is 5.30. The van der Waals surface area contributed by atoms with E-state index in [9.17, 15) is 9.50 Å². The number of rotatable bonds is 4. The molecule has 0 aliphatic carbocycles. The minimum absolute atomic E-state index is 0.0153. The Morgan fingerprint density at radius 1 is 1.56 bits per heavy atom. The fourth-order valence-electron chi connectivity index (χ4n) is 2.55. The summed E-state index contributed by atoms with van der Waals surface area (Å²) < 4.78 is 24.4. The fraction of sp³-hybridized carbons (Fsp3) is 0.571. The van der Waals surface area contributed by atoms with Crippen LogP contribution in [0.5, 0.6) is 5.75 Å².